The fourth-order valence-electron chi connectivity index (χ4n) is 1.99. The first-order valence-corrected chi connectivity index (χ1v) is 5.91. The van der Waals surface area contributed by atoms with Crippen molar-refractivity contribution in [1.29, 1.82) is 0 Å². The number of carbonyl (C=O) groups is 2. The van der Waals surface area contributed by atoms with E-state index >= 15 is 0 Å². The summed E-state index contributed by atoms with van der Waals surface area (Å²) < 4.78 is 0. The van der Waals surface area contributed by atoms with E-state index in [1.165, 1.54) is 0 Å². The van der Waals surface area contributed by atoms with Gasteiger partial charge < -0.3 is 10.8 Å². The smallest absolute Gasteiger partial charge is 0.331 e. The molecule has 0 aliphatic heterocycles. The van der Waals surface area contributed by atoms with Crippen molar-refractivity contribution < 1.29 is 14.7 Å². The highest BCUT2D eigenvalue weighted by atomic mass is 16.4. The first-order chi connectivity index (χ1) is 8.29. The molecular weight excluding hydrogens is 230 g/mol. The number of benzene rings is 1. The predicted molar refractivity (Wildman–Crippen MR) is 69.5 cm³/mol. The van der Waals surface area contributed by atoms with Crippen LogP contribution in [0.5, 0.6) is 0 Å². The van der Waals surface area contributed by atoms with E-state index in [4.69, 9.17) is 5.73 Å². The van der Waals surface area contributed by atoms with Crippen LogP contribution in [0.25, 0.3) is 0 Å². The Morgan fingerprint density at radius 3 is 2.33 bits per heavy atom. The van der Waals surface area contributed by atoms with Gasteiger partial charge in [0.25, 0.3) is 0 Å². The molecule has 0 spiro atoms. The van der Waals surface area contributed by atoms with E-state index in [-0.39, 0.29) is 12.3 Å². The molecule has 0 saturated heterocycles. The zero-order valence-electron chi connectivity index (χ0n) is 10.9. The molecule has 4 nitrogen and oxygen atoms in total. The number of carboxylic acids is 1. The van der Waals surface area contributed by atoms with E-state index in [9.17, 15) is 14.7 Å². The average Bonchev–Trinajstić information content (AvgIpc) is 2.27. The van der Waals surface area contributed by atoms with Crippen molar-refractivity contribution in [3.8, 4) is 0 Å². The van der Waals surface area contributed by atoms with Gasteiger partial charge in [0.1, 0.15) is 0 Å². The summed E-state index contributed by atoms with van der Waals surface area (Å²) in [4.78, 5) is 23.7. The summed E-state index contributed by atoms with van der Waals surface area (Å²) >= 11 is 0. The third-order valence-corrected chi connectivity index (χ3v) is 2.91. The Morgan fingerprint density at radius 1 is 1.33 bits per heavy atom. The van der Waals surface area contributed by atoms with E-state index in [1.807, 2.05) is 13.8 Å². The second kappa shape index (κ2) is 5.31. The van der Waals surface area contributed by atoms with Gasteiger partial charge in [-0.05, 0) is 24.8 Å². The van der Waals surface area contributed by atoms with E-state index in [0.29, 0.717) is 5.56 Å². The molecule has 18 heavy (non-hydrogen) atoms. The Bertz CT molecular complexity index is 468. The maximum atomic E-state index is 12.4. The lowest BCUT2D eigenvalue weighted by Gasteiger charge is -2.25. The van der Waals surface area contributed by atoms with Crippen molar-refractivity contribution in [2.45, 2.75) is 32.7 Å². The summed E-state index contributed by atoms with van der Waals surface area (Å²) in [6.45, 7) is 5.45. The molecule has 98 valence electrons. The number of carboxylic acid groups (broad SMARTS) is 1. The lowest BCUT2D eigenvalue weighted by Crippen LogP contribution is -2.55. The zero-order chi connectivity index (χ0) is 13.9. The number of ketones is 1. The van der Waals surface area contributed by atoms with Gasteiger partial charge in [-0.25, -0.2) is 4.79 Å². The number of aryl methyl sites for hydroxylation is 1. The summed E-state index contributed by atoms with van der Waals surface area (Å²) in [6, 6.07) is 6.89. The number of hydrogen-bond donors (Lipinski definition) is 2. The zero-order valence-corrected chi connectivity index (χ0v) is 10.9. The topological polar surface area (TPSA) is 80.4 Å². The molecule has 1 aromatic carbocycles. The second-order valence-electron chi connectivity index (χ2n) is 5.02. The molecule has 0 amide bonds. The Kier molecular flexibility index (Phi) is 4.24. The Balaban J connectivity index is 3.20. The van der Waals surface area contributed by atoms with E-state index in [0.717, 1.165) is 5.56 Å². The number of hydrogen-bond acceptors (Lipinski definition) is 3. The number of carbonyl (C=O) groups excluding carboxylic acids is 1. The fourth-order valence-corrected chi connectivity index (χ4v) is 1.99. The molecular formula is C14H19NO3. The van der Waals surface area contributed by atoms with Crippen LogP contribution in [-0.2, 0) is 4.79 Å². The average molecular weight is 249 g/mol. The molecule has 0 unspecified atom stereocenters. The summed E-state index contributed by atoms with van der Waals surface area (Å²) in [5.74, 6) is -1.77. The summed E-state index contributed by atoms with van der Waals surface area (Å²) in [6.07, 6.45) is 0.121. The van der Waals surface area contributed by atoms with Crippen LogP contribution in [-0.4, -0.2) is 22.4 Å². The standard InChI is InChI=1S/C14H19NO3/c1-9(2)8-14(15,13(17)18)12(16)11-7-5-4-6-10(11)3/h4-7,9H,8,15H2,1-3H3,(H,17,18)/t14-/m1/s1. The molecule has 0 fully saturated rings. The quantitative estimate of drug-likeness (QED) is 0.618. The lowest BCUT2D eigenvalue weighted by molar-refractivity contribution is -0.141. The van der Waals surface area contributed by atoms with Crippen LogP contribution in [0.4, 0.5) is 0 Å². The first kappa shape index (κ1) is 14.4. The van der Waals surface area contributed by atoms with Crippen LogP contribution in [0, 0.1) is 12.8 Å². The summed E-state index contributed by atoms with van der Waals surface area (Å²) in [5.41, 5.74) is 5.11. The van der Waals surface area contributed by atoms with Gasteiger partial charge in [0.05, 0.1) is 0 Å². The largest absolute Gasteiger partial charge is 0.480 e. The molecule has 0 aliphatic carbocycles. The monoisotopic (exact) mass is 249 g/mol. The minimum atomic E-state index is -1.85. The van der Waals surface area contributed by atoms with E-state index in [1.54, 1.807) is 31.2 Å². The van der Waals surface area contributed by atoms with Crippen LogP contribution < -0.4 is 5.73 Å². The minimum absolute atomic E-state index is 0.0269. The molecule has 3 N–H and O–H groups in total. The van der Waals surface area contributed by atoms with Crippen molar-refractivity contribution in [3.05, 3.63) is 35.4 Å². The molecule has 0 aromatic heterocycles. The number of Topliss-reactive ketones (excluding diaryl/α,β-unsaturated/α-hetero) is 1. The molecule has 0 saturated carbocycles. The van der Waals surface area contributed by atoms with Crippen LogP contribution >= 0.6 is 0 Å². The molecule has 1 aromatic rings. The Hall–Kier alpha value is -1.68. The van der Waals surface area contributed by atoms with E-state index in [2.05, 4.69) is 0 Å². The first-order valence-electron chi connectivity index (χ1n) is 5.91. The van der Waals surface area contributed by atoms with Crippen LogP contribution in [0.2, 0.25) is 0 Å². The minimum Gasteiger partial charge on any atom is -0.480 e. The maximum Gasteiger partial charge on any atom is 0.331 e. The maximum absolute atomic E-state index is 12.4. The van der Waals surface area contributed by atoms with Gasteiger partial charge in [0.15, 0.2) is 11.3 Å². The highest BCUT2D eigenvalue weighted by molar-refractivity contribution is 6.16. The van der Waals surface area contributed by atoms with Gasteiger partial charge in [0, 0.05) is 5.56 Å². The van der Waals surface area contributed by atoms with Crippen molar-refractivity contribution in [2.75, 3.05) is 0 Å². The molecule has 0 radical (unpaired) electrons. The van der Waals surface area contributed by atoms with E-state index < -0.39 is 17.3 Å². The van der Waals surface area contributed by atoms with Crippen molar-refractivity contribution in [1.82, 2.24) is 0 Å². The van der Waals surface area contributed by atoms with Crippen LogP contribution in [0.3, 0.4) is 0 Å². The Morgan fingerprint density at radius 2 is 1.89 bits per heavy atom. The fraction of sp³-hybridized carbons (Fsp3) is 0.429. The molecule has 1 rings (SSSR count). The number of nitrogens with two attached hydrogens (primary N) is 1. The third-order valence-electron chi connectivity index (χ3n) is 2.91. The molecule has 0 aliphatic rings. The summed E-state index contributed by atoms with van der Waals surface area (Å²) in [7, 11) is 0. The number of aliphatic carboxylic acids is 1. The van der Waals surface area contributed by atoms with Crippen LogP contribution in [0.15, 0.2) is 24.3 Å². The SMILES string of the molecule is Cc1ccccc1C(=O)[C@](N)(CC(C)C)C(=O)O. The van der Waals surface area contributed by atoms with Gasteiger partial charge >= 0.3 is 5.97 Å². The predicted octanol–water partition coefficient (Wildman–Crippen LogP) is 2.01. The van der Waals surface area contributed by atoms with Crippen molar-refractivity contribution in [2.24, 2.45) is 11.7 Å². The lowest BCUT2D eigenvalue weighted by atomic mass is 9.82. The highest BCUT2D eigenvalue weighted by Gasteiger charge is 2.43. The molecule has 4 heteroatoms. The molecule has 0 bridgehead atoms. The molecule has 0 heterocycles. The Labute approximate surface area is 107 Å². The van der Waals surface area contributed by atoms with Gasteiger partial charge in [-0.1, -0.05) is 38.1 Å². The highest BCUT2D eigenvalue weighted by Crippen LogP contribution is 2.22. The summed E-state index contributed by atoms with van der Waals surface area (Å²) in [5, 5.41) is 9.26. The third kappa shape index (κ3) is 2.76. The van der Waals surface area contributed by atoms with Gasteiger partial charge in [-0.3, -0.25) is 4.79 Å². The van der Waals surface area contributed by atoms with Gasteiger partial charge in [0.2, 0.25) is 0 Å². The van der Waals surface area contributed by atoms with Crippen molar-refractivity contribution >= 4 is 11.8 Å². The second-order valence-corrected chi connectivity index (χ2v) is 5.02. The van der Waals surface area contributed by atoms with Gasteiger partial charge in [-0.2, -0.15) is 0 Å². The van der Waals surface area contributed by atoms with Crippen LogP contribution in [0.1, 0.15) is 36.2 Å². The normalized spacial score (nSPS) is 14.3. The number of rotatable bonds is 5. The van der Waals surface area contributed by atoms with Crippen molar-refractivity contribution in [3.63, 3.8) is 0 Å². The van der Waals surface area contributed by atoms with Gasteiger partial charge in [-0.15, -0.1) is 0 Å². The molecule has 1 atom stereocenters.